The first kappa shape index (κ1) is 14.0. The largest absolute Gasteiger partial charge is 0.481 e. The van der Waals surface area contributed by atoms with Gasteiger partial charge in [-0.25, -0.2) is 4.79 Å². The number of carbonyl (C=O) groups is 2. The Morgan fingerprint density at radius 2 is 1.83 bits per heavy atom. The van der Waals surface area contributed by atoms with E-state index in [0.717, 1.165) is 0 Å². The summed E-state index contributed by atoms with van der Waals surface area (Å²) in [7, 11) is 1.72. The summed E-state index contributed by atoms with van der Waals surface area (Å²) in [6.45, 7) is 3.85. The van der Waals surface area contributed by atoms with Crippen molar-refractivity contribution in [3.05, 3.63) is 29.8 Å². The number of rotatable bonds is 4. The van der Waals surface area contributed by atoms with Crippen LogP contribution in [0, 0.1) is 0 Å². The standard InChI is InChI=1S/C13H18N2O3/c1-9(2)15(3)13(18)14-11-6-4-10(5-7-11)8-12(16)17/h4-7,9H,8H2,1-3H3,(H,14,18)(H,16,17). The van der Waals surface area contributed by atoms with Crippen LogP contribution < -0.4 is 5.32 Å². The van der Waals surface area contributed by atoms with Gasteiger partial charge < -0.3 is 15.3 Å². The van der Waals surface area contributed by atoms with E-state index in [4.69, 9.17) is 5.11 Å². The van der Waals surface area contributed by atoms with Crippen LogP contribution in [0.4, 0.5) is 10.5 Å². The summed E-state index contributed by atoms with van der Waals surface area (Å²) in [5.41, 5.74) is 1.36. The number of anilines is 1. The van der Waals surface area contributed by atoms with E-state index in [-0.39, 0.29) is 18.5 Å². The number of hydrogen-bond acceptors (Lipinski definition) is 2. The van der Waals surface area contributed by atoms with Crippen LogP contribution in [0.25, 0.3) is 0 Å². The zero-order valence-electron chi connectivity index (χ0n) is 10.8. The average Bonchev–Trinajstić information content (AvgIpc) is 2.29. The predicted octanol–water partition coefficient (Wildman–Crippen LogP) is 2.19. The first-order chi connectivity index (χ1) is 8.40. The molecule has 0 radical (unpaired) electrons. The molecule has 0 spiro atoms. The fraction of sp³-hybridized carbons (Fsp3) is 0.385. The summed E-state index contributed by atoms with van der Waals surface area (Å²) in [6.07, 6.45) is -0.0138. The van der Waals surface area contributed by atoms with Gasteiger partial charge in [-0.05, 0) is 31.5 Å². The van der Waals surface area contributed by atoms with Crippen molar-refractivity contribution in [2.75, 3.05) is 12.4 Å². The molecule has 18 heavy (non-hydrogen) atoms. The molecule has 5 heteroatoms. The highest BCUT2D eigenvalue weighted by Crippen LogP contribution is 2.11. The van der Waals surface area contributed by atoms with E-state index in [1.807, 2.05) is 13.8 Å². The fourth-order valence-electron chi connectivity index (χ4n) is 1.33. The molecule has 1 rings (SSSR count). The zero-order valence-corrected chi connectivity index (χ0v) is 10.8. The second-order valence-electron chi connectivity index (χ2n) is 4.40. The van der Waals surface area contributed by atoms with Crippen molar-refractivity contribution in [2.45, 2.75) is 26.3 Å². The van der Waals surface area contributed by atoms with Crippen molar-refractivity contribution in [1.29, 1.82) is 0 Å². The van der Waals surface area contributed by atoms with Crippen LogP contribution in [0.2, 0.25) is 0 Å². The summed E-state index contributed by atoms with van der Waals surface area (Å²) in [5.74, 6) is -0.869. The van der Waals surface area contributed by atoms with Gasteiger partial charge in [0.25, 0.3) is 0 Å². The van der Waals surface area contributed by atoms with Crippen molar-refractivity contribution in [3.8, 4) is 0 Å². The Bertz CT molecular complexity index is 426. The molecule has 0 aromatic heterocycles. The molecule has 5 nitrogen and oxygen atoms in total. The summed E-state index contributed by atoms with van der Waals surface area (Å²) < 4.78 is 0. The van der Waals surface area contributed by atoms with Crippen LogP contribution in [0.3, 0.4) is 0 Å². The normalized spacial score (nSPS) is 10.2. The van der Waals surface area contributed by atoms with Gasteiger partial charge in [0.2, 0.25) is 0 Å². The number of benzene rings is 1. The Balaban J connectivity index is 2.63. The minimum absolute atomic E-state index is 0.0138. The van der Waals surface area contributed by atoms with Gasteiger partial charge in [-0.2, -0.15) is 0 Å². The lowest BCUT2D eigenvalue weighted by molar-refractivity contribution is -0.136. The van der Waals surface area contributed by atoms with E-state index in [0.29, 0.717) is 11.3 Å². The second-order valence-corrected chi connectivity index (χ2v) is 4.40. The Morgan fingerprint density at radius 1 is 1.28 bits per heavy atom. The summed E-state index contributed by atoms with van der Waals surface area (Å²) in [4.78, 5) is 23.8. The maximum atomic E-state index is 11.7. The Labute approximate surface area is 106 Å². The molecule has 98 valence electrons. The van der Waals surface area contributed by atoms with Crippen molar-refractivity contribution < 1.29 is 14.7 Å². The van der Waals surface area contributed by atoms with Crippen molar-refractivity contribution >= 4 is 17.7 Å². The zero-order chi connectivity index (χ0) is 13.7. The molecule has 0 bridgehead atoms. The number of carboxylic acids is 1. The molecule has 0 unspecified atom stereocenters. The molecule has 0 heterocycles. The van der Waals surface area contributed by atoms with Crippen LogP contribution in [0.1, 0.15) is 19.4 Å². The quantitative estimate of drug-likeness (QED) is 0.860. The first-order valence-corrected chi connectivity index (χ1v) is 5.74. The van der Waals surface area contributed by atoms with Crippen molar-refractivity contribution in [2.24, 2.45) is 0 Å². The molecule has 1 aromatic carbocycles. The van der Waals surface area contributed by atoms with Gasteiger partial charge in [-0.1, -0.05) is 12.1 Å². The Kier molecular flexibility index (Phi) is 4.71. The minimum atomic E-state index is -0.869. The van der Waals surface area contributed by atoms with Crippen molar-refractivity contribution in [1.82, 2.24) is 4.90 Å². The second kappa shape index (κ2) is 6.05. The number of urea groups is 1. The SMILES string of the molecule is CC(C)N(C)C(=O)Nc1ccc(CC(=O)O)cc1. The first-order valence-electron chi connectivity index (χ1n) is 5.74. The number of nitrogens with one attached hydrogen (secondary N) is 1. The highest BCUT2D eigenvalue weighted by molar-refractivity contribution is 5.89. The monoisotopic (exact) mass is 250 g/mol. The molecule has 0 atom stereocenters. The van der Waals surface area contributed by atoms with Gasteiger partial charge in [0.05, 0.1) is 6.42 Å². The third-order valence-electron chi connectivity index (χ3n) is 2.66. The van der Waals surface area contributed by atoms with E-state index < -0.39 is 5.97 Å². The number of carbonyl (C=O) groups excluding carboxylic acids is 1. The fourth-order valence-corrected chi connectivity index (χ4v) is 1.33. The molecular formula is C13H18N2O3. The molecule has 2 amide bonds. The van der Waals surface area contributed by atoms with Gasteiger partial charge in [-0.15, -0.1) is 0 Å². The molecule has 1 aromatic rings. The number of nitrogens with zero attached hydrogens (tertiary/aromatic N) is 1. The van der Waals surface area contributed by atoms with E-state index in [2.05, 4.69) is 5.32 Å². The molecule has 0 saturated carbocycles. The highest BCUT2D eigenvalue weighted by atomic mass is 16.4. The third-order valence-corrected chi connectivity index (χ3v) is 2.66. The lowest BCUT2D eigenvalue weighted by atomic mass is 10.1. The van der Waals surface area contributed by atoms with Crippen LogP contribution in [-0.4, -0.2) is 35.1 Å². The van der Waals surface area contributed by atoms with E-state index in [1.54, 1.807) is 36.2 Å². The average molecular weight is 250 g/mol. The molecule has 0 saturated heterocycles. The number of hydrogen-bond donors (Lipinski definition) is 2. The summed E-state index contributed by atoms with van der Waals surface area (Å²) >= 11 is 0. The minimum Gasteiger partial charge on any atom is -0.481 e. The van der Waals surface area contributed by atoms with Crippen molar-refractivity contribution in [3.63, 3.8) is 0 Å². The van der Waals surface area contributed by atoms with E-state index in [1.165, 1.54) is 0 Å². The predicted molar refractivity (Wildman–Crippen MR) is 69.7 cm³/mol. The maximum absolute atomic E-state index is 11.7. The Hall–Kier alpha value is -2.04. The molecule has 0 aliphatic heterocycles. The number of aliphatic carboxylic acids is 1. The summed E-state index contributed by atoms with van der Waals surface area (Å²) in [6, 6.07) is 6.72. The van der Waals surface area contributed by atoms with E-state index in [9.17, 15) is 9.59 Å². The topological polar surface area (TPSA) is 69.6 Å². The van der Waals surface area contributed by atoms with Gasteiger partial charge in [0.1, 0.15) is 0 Å². The number of amides is 2. The van der Waals surface area contributed by atoms with Crippen LogP contribution >= 0.6 is 0 Å². The lowest BCUT2D eigenvalue weighted by Crippen LogP contribution is -2.36. The van der Waals surface area contributed by atoms with Gasteiger partial charge >= 0.3 is 12.0 Å². The highest BCUT2D eigenvalue weighted by Gasteiger charge is 2.11. The third kappa shape index (κ3) is 4.08. The number of carboxylic acid groups (broad SMARTS) is 1. The van der Waals surface area contributed by atoms with Gasteiger partial charge in [0.15, 0.2) is 0 Å². The molecule has 0 aliphatic carbocycles. The smallest absolute Gasteiger partial charge is 0.321 e. The van der Waals surface area contributed by atoms with Crippen LogP contribution in [-0.2, 0) is 11.2 Å². The summed E-state index contributed by atoms with van der Waals surface area (Å²) in [5, 5.41) is 11.4. The molecule has 0 aliphatic rings. The lowest BCUT2D eigenvalue weighted by Gasteiger charge is -2.21. The molecule has 0 fully saturated rings. The van der Waals surface area contributed by atoms with Crippen LogP contribution in [0.5, 0.6) is 0 Å². The van der Waals surface area contributed by atoms with Gasteiger partial charge in [0, 0.05) is 18.8 Å². The van der Waals surface area contributed by atoms with E-state index >= 15 is 0 Å². The Morgan fingerprint density at radius 3 is 2.28 bits per heavy atom. The van der Waals surface area contributed by atoms with Crippen LogP contribution in [0.15, 0.2) is 24.3 Å². The molecule has 2 N–H and O–H groups in total. The molecular weight excluding hydrogens is 232 g/mol. The van der Waals surface area contributed by atoms with Gasteiger partial charge in [-0.3, -0.25) is 4.79 Å². The maximum Gasteiger partial charge on any atom is 0.321 e.